The molecule has 0 aromatic heterocycles. The fourth-order valence-electron chi connectivity index (χ4n) is 2.56. The first-order valence-electron chi connectivity index (χ1n) is 7.07. The maximum atomic E-state index is 8.74. The lowest BCUT2D eigenvalue weighted by molar-refractivity contribution is 0.318. The van der Waals surface area contributed by atoms with Gasteiger partial charge in [0.05, 0.1) is 7.11 Å². The molecule has 2 atom stereocenters. The molecule has 110 valence electrons. The minimum Gasteiger partial charge on any atom is -0.496 e. The highest BCUT2D eigenvalue weighted by molar-refractivity contribution is 5.97. The van der Waals surface area contributed by atoms with E-state index in [1.807, 2.05) is 12.1 Å². The number of amidine groups is 1. The van der Waals surface area contributed by atoms with Crippen LogP contribution in [0.25, 0.3) is 0 Å². The minimum absolute atomic E-state index is 0.115. The number of oxime groups is 1. The Morgan fingerprint density at radius 2 is 2.35 bits per heavy atom. The van der Waals surface area contributed by atoms with Crippen LogP contribution in [0.4, 0.5) is 0 Å². The first kappa shape index (κ1) is 14.7. The van der Waals surface area contributed by atoms with Gasteiger partial charge in [-0.05, 0) is 37.0 Å². The summed E-state index contributed by atoms with van der Waals surface area (Å²) in [5.74, 6) is 1.75. The summed E-state index contributed by atoms with van der Waals surface area (Å²) in [6.07, 6.45) is 3.79. The van der Waals surface area contributed by atoms with Crippen molar-refractivity contribution in [2.75, 3.05) is 7.11 Å². The van der Waals surface area contributed by atoms with Crippen LogP contribution < -0.4 is 15.8 Å². The predicted molar refractivity (Wildman–Crippen MR) is 79.1 cm³/mol. The Bertz CT molecular complexity index is 488. The Hall–Kier alpha value is -1.75. The third-order valence-electron chi connectivity index (χ3n) is 3.82. The van der Waals surface area contributed by atoms with Gasteiger partial charge in [0, 0.05) is 23.7 Å². The number of nitrogens with zero attached hydrogens (tertiary/aromatic N) is 1. The maximum Gasteiger partial charge on any atom is 0.170 e. The molecule has 0 amide bonds. The van der Waals surface area contributed by atoms with E-state index >= 15 is 0 Å². The van der Waals surface area contributed by atoms with E-state index in [0.717, 1.165) is 23.8 Å². The molecule has 0 bridgehead atoms. The van der Waals surface area contributed by atoms with Crippen LogP contribution in [0.2, 0.25) is 0 Å². The van der Waals surface area contributed by atoms with Gasteiger partial charge in [-0.15, -0.1) is 0 Å². The highest BCUT2D eigenvalue weighted by atomic mass is 16.5. The van der Waals surface area contributed by atoms with E-state index in [2.05, 4.69) is 17.4 Å². The topological polar surface area (TPSA) is 79.9 Å². The average molecular weight is 277 g/mol. The second-order valence-corrected chi connectivity index (χ2v) is 5.28. The van der Waals surface area contributed by atoms with Gasteiger partial charge in [-0.1, -0.05) is 18.5 Å². The Labute approximate surface area is 119 Å². The summed E-state index contributed by atoms with van der Waals surface area (Å²) in [6.45, 7) is 2.96. The molecule has 1 fully saturated rings. The summed E-state index contributed by atoms with van der Waals surface area (Å²) < 4.78 is 5.36. The van der Waals surface area contributed by atoms with Crippen molar-refractivity contribution >= 4 is 5.84 Å². The first-order valence-corrected chi connectivity index (χ1v) is 7.07. The third-order valence-corrected chi connectivity index (χ3v) is 3.82. The molecule has 0 heterocycles. The quantitative estimate of drug-likeness (QED) is 0.308. The third kappa shape index (κ3) is 3.42. The molecule has 1 aliphatic rings. The second kappa shape index (κ2) is 6.61. The molecule has 1 saturated carbocycles. The number of nitrogens with one attached hydrogen (secondary N) is 1. The van der Waals surface area contributed by atoms with Crippen LogP contribution >= 0.6 is 0 Å². The highest BCUT2D eigenvalue weighted by Crippen LogP contribution is 2.35. The lowest BCUT2D eigenvalue weighted by Crippen LogP contribution is -2.19. The smallest absolute Gasteiger partial charge is 0.170 e. The van der Waals surface area contributed by atoms with Crippen molar-refractivity contribution in [2.24, 2.45) is 16.8 Å². The van der Waals surface area contributed by atoms with Crippen molar-refractivity contribution in [3.8, 4) is 5.75 Å². The van der Waals surface area contributed by atoms with Crippen molar-refractivity contribution in [2.45, 2.75) is 38.8 Å². The van der Waals surface area contributed by atoms with E-state index in [4.69, 9.17) is 15.7 Å². The van der Waals surface area contributed by atoms with Gasteiger partial charge in [0.15, 0.2) is 5.84 Å². The molecular formula is C15H23N3O2. The fraction of sp³-hybridized carbons (Fsp3) is 0.533. The van der Waals surface area contributed by atoms with E-state index in [1.54, 1.807) is 13.2 Å². The van der Waals surface area contributed by atoms with Crippen molar-refractivity contribution in [1.82, 2.24) is 5.32 Å². The SMILES string of the molecule is CCCC1CC1NCc1cc(/C(N)=N/O)ccc1OC. The standard InChI is InChI=1S/C15H23N3O2/c1-3-4-10-8-13(10)17-9-12-7-11(15(16)18-19)5-6-14(12)20-2/h5-7,10,13,17,19H,3-4,8-9H2,1-2H3,(H2,16,18). The number of nitrogens with two attached hydrogens (primary N) is 1. The molecule has 5 nitrogen and oxygen atoms in total. The van der Waals surface area contributed by atoms with Crippen LogP contribution in [0.5, 0.6) is 5.75 Å². The minimum atomic E-state index is 0.115. The number of methoxy groups -OCH3 is 1. The molecule has 20 heavy (non-hydrogen) atoms. The van der Waals surface area contributed by atoms with E-state index in [9.17, 15) is 0 Å². The Balaban J connectivity index is 2.02. The largest absolute Gasteiger partial charge is 0.496 e. The van der Waals surface area contributed by atoms with Crippen molar-refractivity contribution in [3.63, 3.8) is 0 Å². The van der Waals surface area contributed by atoms with Crippen molar-refractivity contribution < 1.29 is 9.94 Å². The molecule has 1 aromatic rings. The molecule has 2 rings (SSSR count). The van der Waals surface area contributed by atoms with Gasteiger partial charge >= 0.3 is 0 Å². The fourth-order valence-corrected chi connectivity index (χ4v) is 2.56. The summed E-state index contributed by atoms with van der Waals surface area (Å²) >= 11 is 0. The number of rotatable bonds is 7. The van der Waals surface area contributed by atoms with Gasteiger partial charge in [-0.3, -0.25) is 0 Å². The number of hydrogen-bond donors (Lipinski definition) is 3. The van der Waals surface area contributed by atoms with Crippen LogP contribution in [0.1, 0.15) is 37.3 Å². The number of benzene rings is 1. The molecular weight excluding hydrogens is 254 g/mol. The zero-order valence-electron chi connectivity index (χ0n) is 12.1. The van der Waals surface area contributed by atoms with Crippen LogP contribution in [0.3, 0.4) is 0 Å². The lowest BCUT2D eigenvalue weighted by Gasteiger charge is -2.11. The second-order valence-electron chi connectivity index (χ2n) is 5.28. The Kier molecular flexibility index (Phi) is 4.84. The van der Waals surface area contributed by atoms with Crippen molar-refractivity contribution in [1.29, 1.82) is 0 Å². The Morgan fingerprint density at radius 3 is 3.00 bits per heavy atom. The van der Waals surface area contributed by atoms with Crippen LogP contribution in [0, 0.1) is 5.92 Å². The summed E-state index contributed by atoms with van der Waals surface area (Å²) in [5, 5.41) is 15.3. The highest BCUT2D eigenvalue weighted by Gasteiger charge is 2.35. The van der Waals surface area contributed by atoms with Crippen molar-refractivity contribution in [3.05, 3.63) is 29.3 Å². The molecule has 0 aliphatic heterocycles. The zero-order chi connectivity index (χ0) is 14.5. The molecule has 0 spiro atoms. The molecule has 0 radical (unpaired) electrons. The van der Waals surface area contributed by atoms with Gasteiger partial charge in [-0.2, -0.15) is 0 Å². The maximum absolute atomic E-state index is 8.74. The van der Waals surface area contributed by atoms with E-state index < -0.39 is 0 Å². The molecule has 4 N–H and O–H groups in total. The summed E-state index contributed by atoms with van der Waals surface area (Å²) in [7, 11) is 1.65. The number of ether oxygens (including phenoxy) is 1. The predicted octanol–water partition coefficient (Wildman–Crippen LogP) is 2.07. The van der Waals surface area contributed by atoms with E-state index in [1.165, 1.54) is 19.3 Å². The summed E-state index contributed by atoms with van der Waals surface area (Å²) in [5.41, 5.74) is 7.35. The van der Waals surface area contributed by atoms with Crippen LogP contribution in [-0.4, -0.2) is 24.2 Å². The zero-order valence-corrected chi connectivity index (χ0v) is 12.1. The Morgan fingerprint density at radius 1 is 1.55 bits per heavy atom. The summed E-state index contributed by atoms with van der Waals surface area (Å²) in [4.78, 5) is 0. The van der Waals surface area contributed by atoms with E-state index in [-0.39, 0.29) is 5.84 Å². The van der Waals surface area contributed by atoms with Gasteiger partial charge < -0.3 is 21.0 Å². The van der Waals surface area contributed by atoms with E-state index in [0.29, 0.717) is 11.6 Å². The van der Waals surface area contributed by atoms with Gasteiger partial charge in [0.2, 0.25) is 0 Å². The summed E-state index contributed by atoms with van der Waals surface area (Å²) in [6, 6.07) is 6.15. The van der Waals surface area contributed by atoms with Gasteiger partial charge in [0.25, 0.3) is 0 Å². The number of hydrogen-bond acceptors (Lipinski definition) is 4. The first-order chi connectivity index (χ1) is 9.69. The molecule has 1 aliphatic carbocycles. The monoisotopic (exact) mass is 277 g/mol. The molecule has 0 saturated heterocycles. The van der Waals surface area contributed by atoms with Crippen LogP contribution in [0.15, 0.2) is 23.4 Å². The molecule has 2 unspecified atom stereocenters. The van der Waals surface area contributed by atoms with Gasteiger partial charge in [-0.25, -0.2) is 0 Å². The lowest BCUT2D eigenvalue weighted by atomic mass is 10.1. The van der Waals surface area contributed by atoms with Gasteiger partial charge in [0.1, 0.15) is 5.75 Å². The normalized spacial score (nSPS) is 21.8. The average Bonchev–Trinajstić information content (AvgIpc) is 3.22. The molecule has 5 heteroatoms. The molecule has 1 aromatic carbocycles. The van der Waals surface area contributed by atoms with Crippen LogP contribution in [-0.2, 0) is 6.54 Å².